The summed E-state index contributed by atoms with van der Waals surface area (Å²) in [6, 6.07) is 6.17. The van der Waals surface area contributed by atoms with Gasteiger partial charge in [0.05, 0.1) is 12.7 Å². The van der Waals surface area contributed by atoms with Gasteiger partial charge in [0, 0.05) is 13.0 Å². The van der Waals surface area contributed by atoms with Crippen molar-refractivity contribution in [2.75, 3.05) is 20.2 Å². The van der Waals surface area contributed by atoms with Crippen molar-refractivity contribution in [2.45, 2.75) is 18.9 Å². The third kappa shape index (κ3) is 2.49. The van der Waals surface area contributed by atoms with Crippen molar-refractivity contribution in [1.82, 2.24) is 5.32 Å². The molecule has 0 aromatic heterocycles. The lowest BCUT2D eigenvalue weighted by Crippen LogP contribution is -2.25. The summed E-state index contributed by atoms with van der Waals surface area (Å²) in [7, 11) is 1.85. The van der Waals surface area contributed by atoms with Crippen LogP contribution in [0.2, 0.25) is 0 Å². The molecular weight excluding hydrogens is 190 g/mol. The molecule has 0 saturated carbocycles. The van der Waals surface area contributed by atoms with E-state index >= 15 is 0 Å². The van der Waals surface area contributed by atoms with E-state index in [1.165, 1.54) is 11.1 Å². The fourth-order valence-corrected chi connectivity index (χ4v) is 1.95. The second-order valence-electron chi connectivity index (χ2n) is 3.96. The lowest BCUT2D eigenvalue weighted by atomic mass is 10.0. The number of rotatable bonds is 4. The lowest BCUT2D eigenvalue weighted by molar-refractivity contribution is 0.175. The van der Waals surface area contributed by atoms with E-state index in [9.17, 15) is 5.11 Å². The monoisotopic (exact) mass is 207 g/mol. The highest BCUT2D eigenvalue weighted by molar-refractivity contribution is 5.39. The summed E-state index contributed by atoms with van der Waals surface area (Å²) in [5.41, 5.74) is 2.45. The molecule has 1 aliphatic rings. The van der Waals surface area contributed by atoms with Gasteiger partial charge in [0.15, 0.2) is 0 Å². The van der Waals surface area contributed by atoms with E-state index in [1.54, 1.807) is 0 Å². The lowest BCUT2D eigenvalue weighted by Gasteiger charge is -2.10. The van der Waals surface area contributed by atoms with Crippen LogP contribution in [0.5, 0.6) is 5.75 Å². The number of hydrogen-bond donors (Lipinski definition) is 2. The molecule has 0 aliphatic carbocycles. The zero-order valence-electron chi connectivity index (χ0n) is 8.99. The van der Waals surface area contributed by atoms with E-state index in [2.05, 4.69) is 11.4 Å². The van der Waals surface area contributed by atoms with Crippen molar-refractivity contribution in [3.8, 4) is 5.75 Å². The summed E-state index contributed by atoms with van der Waals surface area (Å²) in [6.07, 6.45) is 1.38. The van der Waals surface area contributed by atoms with E-state index < -0.39 is 0 Å². The molecule has 0 spiro atoms. The fraction of sp³-hybridized carbons (Fsp3) is 0.500. The van der Waals surface area contributed by atoms with Gasteiger partial charge in [-0.25, -0.2) is 0 Å². The maximum atomic E-state index is 9.66. The molecule has 2 rings (SSSR count). The molecule has 1 aliphatic heterocycles. The number of nitrogens with one attached hydrogen (secondary N) is 1. The normalized spacial score (nSPS) is 15.9. The Kier molecular flexibility index (Phi) is 3.23. The van der Waals surface area contributed by atoms with Crippen LogP contribution in [0.15, 0.2) is 18.2 Å². The van der Waals surface area contributed by atoms with E-state index in [4.69, 9.17) is 4.74 Å². The van der Waals surface area contributed by atoms with E-state index in [-0.39, 0.29) is 6.10 Å². The Balaban J connectivity index is 2.03. The first kappa shape index (κ1) is 10.5. The van der Waals surface area contributed by atoms with Crippen LogP contribution >= 0.6 is 0 Å². The van der Waals surface area contributed by atoms with Gasteiger partial charge >= 0.3 is 0 Å². The quantitative estimate of drug-likeness (QED) is 0.765. The molecule has 0 bridgehead atoms. The minimum absolute atomic E-state index is 0.310. The highest BCUT2D eigenvalue weighted by atomic mass is 16.5. The summed E-state index contributed by atoms with van der Waals surface area (Å²) < 4.78 is 5.43. The van der Waals surface area contributed by atoms with E-state index in [0.717, 1.165) is 18.8 Å². The van der Waals surface area contributed by atoms with Crippen molar-refractivity contribution in [3.05, 3.63) is 29.3 Å². The predicted molar refractivity (Wildman–Crippen MR) is 59.3 cm³/mol. The predicted octanol–water partition coefficient (Wildman–Crippen LogP) is 0.744. The highest BCUT2D eigenvalue weighted by Gasteiger charge is 2.13. The topological polar surface area (TPSA) is 41.5 Å². The first-order valence-electron chi connectivity index (χ1n) is 5.37. The van der Waals surface area contributed by atoms with Gasteiger partial charge in [0.1, 0.15) is 5.75 Å². The van der Waals surface area contributed by atoms with Crippen LogP contribution in [0.3, 0.4) is 0 Å². The third-order valence-electron chi connectivity index (χ3n) is 2.66. The van der Waals surface area contributed by atoms with Crippen molar-refractivity contribution in [3.63, 3.8) is 0 Å². The molecule has 82 valence electrons. The number of aliphatic hydroxyl groups is 1. The number of aliphatic hydroxyl groups excluding tert-OH is 1. The van der Waals surface area contributed by atoms with Gasteiger partial charge in [-0.15, -0.1) is 0 Å². The van der Waals surface area contributed by atoms with Gasteiger partial charge in [-0.05, 0) is 30.7 Å². The second kappa shape index (κ2) is 4.64. The fourth-order valence-electron chi connectivity index (χ4n) is 1.95. The number of benzene rings is 1. The zero-order chi connectivity index (χ0) is 10.7. The zero-order valence-corrected chi connectivity index (χ0v) is 8.99. The molecule has 1 heterocycles. The van der Waals surface area contributed by atoms with Gasteiger partial charge in [-0.3, -0.25) is 0 Å². The van der Waals surface area contributed by atoms with Crippen molar-refractivity contribution >= 4 is 0 Å². The van der Waals surface area contributed by atoms with Crippen LogP contribution in [0, 0.1) is 0 Å². The van der Waals surface area contributed by atoms with Crippen LogP contribution in [-0.2, 0) is 12.8 Å². The summed E-state index contributed by atoms with van der Waals surface area (Å²) >= 11 is 0. The van der Waals surface area contributed by atoms with Crippen LogP contribution in [0.4, 0.5) is 0 Å². The average molecular weight is 207 g/mol. The standard InChI is InChI=1S/C12H17NO2/c1-13-8-11(14)7-9-2-3-12-10(6-9)4-5-15-12/h2-3,6,11,13-14H,4-5,7-8H2,1H3. The smallest absolute Gasteiger partial charge is 0.122 e. The van der Waals surface area contributed by atoms with Crippen LogP contribution < -0.4 is 10.1 Å². The Hall–Kier alpha value is -1.06. The van der Waals surface area contributed by atoms with Crippen LogP contribution in [0.25, 0.3) is 0 Å². The molecular formula is C12H17NO2. The molecule has 15 heavy (non-hydrogen) atoms. The number of likely N-dealkylation sites (N-methyl/N-ethyl adjacent to an activating group) is 1. The van der Waals surface area contributed by atoms with Gasteiger partial charge < -0.3 is 15.2 Å². The van der Waals surface area contributed by atoms with E-state index in [0.29, 0.717) is 13.0 Å². The molecule has 3 heteroatoms. The van der Waals surface area contributed by atoms with Crippen molar-refractivity contribution in [1.29, 1.82) is 0 Å². The largest absolute Gasteiger partial charge is 0.493 e. The minimum atomic E-state index is -0.310. The first-order valence-corrected chi connectivity index (χ1v) is 5.37. The summed E-state index contributed by atoms with van der Waals surface area (Å²) in [6.45, 7) is 1.42. The molecule has 3 nitrogen and oxygen atoms in total. The Morgan fingerprint density at radius 1 is 1.53 bits per heavy atom. The molecule has 1 unspecified atom stereocenters. The SMILES string of the molecule is CNCC(O)Cc1ccc2c(c1)CCO2. The summed E-state index contributed by atoms with van der Waals surface area (Å²) in [5.74, 6) is 1.00. The van der Waals surface area contributed by atoms with Gasteiger partial charge in [-0.2, -0.15) is 0 Å². The summed E-state index contributed by atoms with van der Waals surface area (Å²) in [5, 5.41) is 12.6. The van der Waals surface area contributed by atoms with E-state index in [1.807, 2.05) is 19.2 Å². The molecule has 0 saturated heterocycles. The third-order valence-corrected chi connectivity index (χ3v) is 2.66. The van der Waals surface area contributed by atoms with Gasteiger partial charge in [0.25, 0.3) is 0 Å². The summed E-state index contributed by atoms with van der Waals surface area (Å²) in [4.78, 5) is 0. The molecule has 0 radical (unpaired) electrons. The molecule has 0 fully saturated rings. The Bertz CT molecular complexity index is 338. The highest BCUT2D eigenvalue weighted by Crippen LogP contribution is 2.26. The molecule has 1 aromatic carbocycles. The van der Waals surface area contributed by atoms with Crippen LogP contribution in [0.1, 0.15) is 11.1 Å². The molecule has 1 atom stereocenters. The van der Waals surface area contributed by atoms with Gasteiger partial charge in [0.2, 0.25) is 0 Å². The molecule has 1 aromatic rings. The van der Waals surface area contributed by atoms with Gasteiger partial charge in [-0.1, -0.05) is 12.1 Å². The molecule has 0 amide bonds. The number of fused-ring (bicyclic) bond motifs is 1. The number of ether oxygens (including phenoxy) is 1. The Labute approximate surface area is 90.1 Å². The number of hydrogen-bond acceptors (Lipinski definition) is 3. The molecule has 2 N–H and O–H groups in total. The van der Waals surface area contributed by atoms with Crippen molar-refractivity contribution < 1.29 is 9.84 Å². The second-order valence-corrected chi connectivity index (χ2v) is 3.96. The average Bonchev–Trinajstić information content (AvgIpc) is 2.65. The van der Waals surface area contributed by atoms with Crippen LogP contribution in [-0.4, -0.2) is 31.4 Å². The first-order chi connectivity index (χ1) is 7.29. The Morgan fingerprint density at radius 3 is 3.20 bits per heavy atom. The maximum Gasteiger partial charge on any atom is 0.122 e. The minimum Gasteiger partial charge on any atom is -0.493 e. The van der Waals surface area contributed by atoms with Crippen molar-refractivity contribution in [2.24, 2.45) is 0 Å². The maximum absolute atomic E-state index is 9.66. The Morgan fingerprint density at radius 2 is 2.40 bits per heavy atom.